The van der Waals surface area contributed by atoms with Gasteiger partial charge in [-0.15, -0.1) is 0 Å². The lowest BCUT2D eigenvalue weighted by molar-refractivity contribution is -0.141. The number of aliphatic carboxylic acids is 1. The van der Waals surface area contributed by atoms with Gasteiger partial charge in [-0.25, -0.2) is 9.37 Å². The molecule has 0 spiro atoms. The van der Waals surface area contributed by atoms with Gasteiger partial charge in [0.2, 0.25) is 0 Å². The smallest absolute Gasteiger partial charge is 0.306 e. The first kappa shape index (κ1) is 22.1. The van der Waals surface area contributed by atoms with Gasteiger partial charge in [-0.1, -0.05) is 13.8 Å². The number of aromatic nitrogens is 4. The Morgan fingerprint density at radius 2 is 2.15 bits per heavy atom. The van der Waals surface area contributed by atoms with Gasteiger partial charge in [-0.2, -0.15) is 10.4 Å². The molecule has 1 aliphatic rings. The second-order valence-corrected chi connectivity index (χ2v) is 9.96. The number of aromatic amines is 1. The van der Waals surface area contributed by atoms with Gasteiger partial charge in [0.05, 0.1) is 29.2 Å². The van der Waals surface area contributed by atoms with Gasteiger partial charge in [0.1, 0.15) is 5.82 Å². The fraction of sp³-hybridized carbons (Fsp3) is 0.385. The molecular weight excluding hydrogens is 433 g/mol. The van der Waals surface area contributed by atoms with E-state index in [4.69, 9.17) is 4.98 Å². The summed E-state index contributed by atoms with van der Waals surface area (Å²) in [6.07, 6.45) is 3.84. The van der Waals surface area contributed by atoms with Gasteiger partial charge < -0.3 is 9.67 Å². The number of H-pyrrole nitrogens is 1. The minimum atomic E-state index is -0.776. The largest absolute Gasteiger partial charge is 0.481 e. The Labute approximate surface area is 196 Å². The molecule has 0 radical (unpaired) electrons. The van der Waals surface area contributed by atoms with Crippen LogP contribution in [0.15, 0.2) is 30.5 Å². The molecule has 0 amide bonds. The summed E-state index contributed by atoms with van der Waals surface area (Å²) in [5.41, 5.74) is 4.93. The molecule has 3 heterocycles. The van der Waals surface area contributed by atoms with Crippen LogP contribution in [0.2, 0.25) is 0 Å². The number of nitrogens with one attached hydrogen (secondary N) is 1. The average Bonchev–Trinajstić information content (AvgIpc) is 3.50. The lowest BCUT2D eigenvalue weighted by Gasteiger charge is -2.28. The van der Waals surface area contributed by atoms with Crippen LogP contribution in [0, 0.1) is 30.0 Å². The van der Waals surface area contributed by atoms with Crippen molar-refractivity contribution in [2.24, 2.45) is 5.92 Å². The van der Waals surface area contributed by atoms with E-state index in [1.54, 1.807) is 25.3 Å². The molecule has 1 fully saturated rings. The van der Waals surface area contributed by atoms with Gasteiger partial charge in [0.25, 0.3) is 0 Å². The van der Waals surface area contributed by atoms with Gasteiger partial charge in [0.15, 0.2) is 5.65 Å². The summed E-state index contributed by atoms with van der Waals surface area (Å²) < 4.78 is 16.3. The van der Waals surface area contributed by atoms with E-state index in [1.807, 2.05) is 19.9 Å². The SMILES string of the molecule is Cc1cc(-n2c(C(C)(C)CC#N)c(C3CC[C@@H](C(=O)O)C3)c3nc4[nH]ncc4cc32)ccc1F. The summed E-state index contributed by atoms with van der Waals surface area (Å²) >= 11 is 0. The first-order chi connectivity index (χ1) is 16.2. The molecule has 4 aromatic rings. The van der Waals surface area contributed by atoms with Crippen molar-refractivity contribution in [3.63, 3.8) is 0 Å². The normalized spacial score (nSPS) is 18.6. The number of carbonyl (C=O) groups is 1. The Kier molecular flexibility index (Phi) is 5.16. The lowest BCUT2D eigenvalue weighted by atomic mass is 9.80. The number of carboxylic acid groups (broad SMARTS) is 1. The van der Waals surface area contributed by atoms with Crippen LogP contribution in [0.4, 0.5) is 4.39 Å². The third-order valence-electron chi connectivity index (χ3n) is 7.13. The molecule has 5 rings (SSSR count). The number of nitriles is 1. The standard InChI is InChI=1S/C26H26FN5O2/c1-14-10-18(6-7-19(14)27)32-20-12-17-13-29-31-24(17)30-22(20)21(23(32)26(2,3)8-9-28)15-4-5-16(11-15)25(33)34/h6-7,10,12-13,15-16H,4-5,8,11H2,1-3H3,(H,33,34)(H,29,30,31)/t15?,16-/m1/s1. The van der Waals surface area contributed by atoms with E-state index in [-0.39, 0.29) is 18.2 Å². The van der Waals surface area contributed by atoms with Crippen LogP contribution in [0.3, 0.4) is 0 Å². The molecule has 1 saturated carbocycles. The third-order valence-corrected chi connectivity index (χ3v) is 7.13. The minimum absolute atomic E-state index is 0.00719. The Hall–Kier alpha value is -3.73. The first-order valence-electron chi connectivity index (χ1n) is 11.5. The van der Waals surface area contributed by atoms with Crippen molar-refractivity contribution in [3.8, 4) is 11.8 Å². The number of halogens is 1. The zero-order chi connectivity index (χ0) is 24.2. The summed E-state index contributed by atoms with van der Waals surface area (Å²) in [5, 5.41) is 27.2. The Morgan fingerprint density at radius 1 is 1.35 bits per heavy atom. The molecule has 1 unspecified atom stereocenters. The van der Waals surface area contributed by atoms with Gasteiger partial charge in [-0.3, -0.25) is 9.89 Å². The van der Waals surface area contributed by atoms with E-state index < -0.39 is 17.3 Å². The molecule has 34 heavy (non-hydrogen) atoms. The Balaban J connectivity index is 1.89. The molecule has 0 aliphatic heterocycles. The lowest BCUT2D eigenvalue weighted by Crippen LogP contribution is -2.23. The summed E-state index contributed by atoms with van der Waals surface area (Å²) in [6, 6.07) is 9.33. The average molecular weight is 460 g/mol. The maximum atomic E-state index is 14.2. The van der Waals surface area contributed by atoms with Crippen molar-refractivity contribution in [1.29, 1.82) is 5.26 Å². The summed E-state index contributed by atoms with van der Waals surface area (Å²) in [6.45, 7) is 5.78. The highest BCUT2D eigenvalue weighted by atomic mass is 19.1. The Bertz CT molecular complexity index is 1480. The molecule has 7 nitrogen and oxygen atoms in total. The maximum Gasteiger partial charge on any atom is 0.306 e. The van der Waals surface area contributed by atoms with Gasteiger partial charge >= 0.3 is 5.97 Å². The monoisotopic (exact) mass is 459 g/mol. The van der Waals surface area contributed by atoms with E-state index in [0.29, 0.717) is 24.1 Å². The number of hydrogen-bond donors (Lipinski definition) is 2. The number of fused-ring (bicyclic) bond motifs is 2. The summed E-state index contributed by atoms with van der Waals surface area (Å²) in [7, 11) is 0. The molecule has 3 aromatic heterocycles. The van der Waals surface area contributed by atoms with Crippen LogP contribution >= 0.6 is 0 Å². The zero-order valence-electron chi connectivity index (χ0n) is 19.4. The van der Waals surface area contributed by atoms with Crippen molar-refractivity contribution in [2.75, 3.05) is 0 Å². The molecular formula is C26H26FN5O2. The molecule has 0 saturated heterocycles. The quantitative estimate of drug-likeness (QED) is 0.409. The van der Waals surface area contributed by atoms with Crippen molar-refractivity contribution < 1.29 is 14.3 Å². The van der Waals surface area contributed by atoms with Crippen LogP contribution < -0.4 is 0 Å². The predicted molar refractivity (Wildman–Crippen MR) is 126 cm³/mol. The van der Waals surface area contributed by atoms with Gasteiger partial charge in [0, 0.05) is 34.2 Å². The summed E-state index contributed by atoms with van der Waals surface area (Å²) in [4.78, 5) is 16.7. The minimum Gasteiger partial charge on any atom is -0.481 e. The molecule has 0 bridgehead atoms. The van der Waals surface area contributed by atoms with E-state index >= 15 is 0 Å². The highest BCUT2D eigenvalue weighted by Gasteiger charge is 2.39. The number of pyridine rings is 1. The van der Waals surface area contributed by atoms with Crippen molar-refractivity contribution >= 4 is 28.0 Å². The van der Waals surface area contributed by atoms with Crippen LogP contribution in [0.25, 0.3) is 27.8 Å². The second kappa shape index (κ2) is 7.94. The fourth-order valence-electron chi connectivity index (χ4n) is 5.43. The van der Waals surface area contributed by atoms with E-state index in [0.717, 1.165) is 39.8 Å². The second-order valence-electron chi connectivity index (χ2n) is 9.96. The molecule has 174 valence electrons. The summed E-state index contributed by atoms with van der Waals surface area (Å²) in [5.74, 6) is -1.47. The highest BCUT2D eigenvalue weighted by Crippen LogP contribution is 2.48. The van der Waals surface area contributed by atoms with Crippen molar-refractivity contribution in [3.05, 3.63) is 53.1 Å². The first-order valence-corrected chi connectivity index (χ1v) is 11.5. The van der Waals surface area contributed by atoms with E-state index in [1.165, 1.54) is 6.07 Å². The number of hydrogen-bond acceptors (Lipinski definition) is 4. The molecule has 1 aliphatic carbocycles. The number of rotatable bonds is 5. The number of aryl methyl sites for hydroxylation is 1. The van der Waals surface area contributed by atoms with Crippen LogP contribution in [-0.2, 0) is 10.2 Å². The third kappa shape index (κ3) is 3.43. The molecule has 2 atom stereocenters. The fourth-order valence-corrected chi connectivity index (χ4v) is 5.43. The topological polar surface area (TPSA) is 108 Å². The van der Waals surface area contributed by atoms with Crippen molar-refractivity contribution in [1.82, 2.24) is 19.7 Å². The number of benzene rings is 1. The van der Waals surface area contributed by atoms with E-state index in [9.17, 15) is 19.6 Å². The highest BCUT2D eigenvalue weighted by molar-refractivity contribution is 5.94. The number of carboxylic acids is 1. The van der Waals surface area contributed by atoms with Crippen LogP contribution in [0.5, 0.6) is 0 Å². The Morgan fingerprint density at radius 3 is 2.82 bits per heavy atom. The maximum absolute atomic E-state index is 14.2. The molecule has 8 heteroatoms. The van der Waals surface area contributed by atoms with Gasteiger partial charge in [-0.05, 0) is 61.9 Å². The molecule has 2 N–H and O–H groups in total. The van der Waals surface area contributed by atoms with Crippen LogP contribution in [0.1, 0.15) is 62.3 Å². The van der Waals surface area contributed by atoms with E-state index in [2.05, 4.69) is 20.8 Å². The number of nitrogens with zero attached hydrogens (tertiary/aromatic N) is 4. The zero-order valence-corrected chi connectivity index (χ0v) is 19.4. The predicted octanol–water partition coefficient (Wildman–Crippen LogP) is 5.51. The van der Waals surface area contributed by atoms with Crippen molar-refractivity contribution in [2.45, 2.75) is 57.8 Å². The van der Waals surface area contributed by atoms with Crippen LogP contribution in [-0.4, -0.2) is 30.8 Å². The molecule has 1 aromatic carbocycles.